The SMILES string of the molecule is C=CC(N1CCC(C(O)c2ccccc2)CC1)N1c2ccccc2Sc2ccccc21. The zero-order chi connectivity index (χ0) is 21.2. The first kappa shape index (κ1) is 20.4. The molecule has 3 aromatic rings. The van der Waals surface area contributed by atoms with Gasteiger partial charge in [-0.05, 0) is 48.6 Å². The molecule has 158 valence electrons. The first-order chi connectivity index (χ1) is 15.3. The molecule has 0 spiro atoms. The molecular weight excluding hydrogens is 400 g/mol. The summed E-state index contributed by atoms with van der Waals surface area (Å²) in [5, 5.41) is 10.9. The molecule has 0 radical (unpaired) electrons. The molecule has 2 atom stereocenters. The van der Waals surface area contributed by atoms with Crippen LogP contribution in [0, 0.1) is 5.92 Å². The van der Waals surface area contributed by atoms with Gasteiger partial charge in [0.1, 0.15) is 6.17 Å². The van der Waals surface area contributed by atoms with Crippen molar-refractivity contribution in [3.8, 4) is 0 Å². The maximum absolute atomic E-state index is 10.9. The van der Waals surface area contributed by atoms with Gasteiger partial charge in [-0.1, -0.05) is 79.0 Å². The van der Waals surface area contributed by atoms with Crippen LogP contribution >= 0.6 is 11.8 Å². The molecule has 2 aliphatic heterocycles. The van der Waals surface area contributed by atoms with Crippen LogP contribution in [0.1, 0.15) is 24.5 Å². The van der Waals surface area contributed by atoms with Gasteiger partial charge in [-0.15, -0.1) is 0 Å². The predicted molar refractivity (Wildman–Crippen MR) is 129 cm³/mol. The van der Waals surface area contributed by atoms with Crippen molar-refractivity contribution < 1.29 is 5.11 Å². The minimum atomic E-state index is -0.390. The Kier molecular flexibility index (Phi) is 5.86. The van der Waals surface area contributed by atoms with Crippen molar-refractivity contribution in [2.75, 3.05) is 18.0 Å². The fourth-order valence-corrected chi connectivity index (χ4v) is 5.93. The van der Waals surface area contributed by atoms with Crippen molar-refractivity contribution in [3.05, 3.63) is 97.1 Å². The second-order valence-electron chi connectivity index (χ2n) is 8.29. The Morgan fingerprint density at radius 3 is 1.97 bits per heavy atom. The predicted octanol–water partition coefficient (Wildman–Crippen LogP) is 6.25. The maximum atomic E-state index is 10.9. The fraction of sp³-hybridized carbons (Fsp3) is 0.259. The highest BCUT2D eigenvalue weighted by Crippen LogP contribution is 2.49. The Balaban J connectivity index is 1.38. The summed E-state index contributed by atoms with van der Waals surface area (Å²) in [5.74, 6) is 0.292. The third-order valence-electron chi connectivity index (χ3n) is 6.48. The van der Waals surface area contributed by atoms with E-state index in [1.54, 1.807) is 0 Å². The van der Waals surface area contributed by atoms with E-state index < -0.39 is 6.10 Å². The lowest BCUT2D eigenvalue weighted by Crippen LogP contribution is -2.49. The number of hydrogen-bond donors (Lipinski definition) is 1. The molecule has 0 bridgehead atoms. The Morgan fingerprint density at radius 2 is 1.39 bits per heavy atom. The summed E-state index contributed by atoms with van der Waals surface area (Å²) < 4.78 is 0. The molecule has 5 rings (SSSR count). The monoisotopic (exact) mass is 428 g/mol. The Bertz CT molecular complexity index is 1000. The number of rotatable bonds is 5. The first-order valence-corrected chi connectivity index (χ1v) is 11.8. The van der Waals surface area contributed by atoms with E-state index in [1.165, 1.54) is 21.2 Å². The van der Waals surface area contributed by atoms with Gasteiger partial charge in [-0.25, -0.2) is 0 Å². The highest BCUT2D eigenvalue weighted by Gasteiger charge is 2.34. The number of benzene rings is 3. The molecule has 3 nitrogen and oxygen atoms in total. The van der Waals surface area contributed by atoms with Crippen LogP contribution in [0.4, 0.5) is 11.4 Å². The van der Waals surface area contributed by atoms with E-state index in [4.69, 9.17) is 0 Å². The van der Waals surface area contributed by atoms with Crippen molar-refractivity contribution in [1.82, 2.24) is 4.90 Å². The second-order valence-corrected chi connectivity index (χ2v) is 9.37. The second kappa shape index (κ2) is 8.91. The van der Waals surface area contributed by atoms with Gasteiger partial charge in [0, 0.05) is 22.9 Å². The van der Waals surface area contributed by atoms with Gasteiger partial charge in [0.05, 0.1) is 17.5 Å². The third kappa shape index (κ3) is 3.91. The number of anilines is 2. The molecule has 0 amide bonds. The first-order valence-electron chi connectivity index (χ1n) is 11.0. The van der Waals surface area contributed by atoms with E-state index in [2.05, 4.69) is 71.0 Å². The number of piperidine rings is 1. The lowest BCUT2D eigenvalue weighted by Gasteiger charge is -2.45. The van der Waals surface area contributed by atoms with Crippen molar-refractivity contribution in [1.29, 1.82) is 0 Å². The topological polar surface area (TPSA) is 26.7 Å². The molecule has 1 N–H and O–H groups in total. The molecule has 2 aliphatic rings. The molecule has 2 heterocycles. The molecule has 2 unspecified atom stereocenters. The van der Waals surface area contributed by atoms with Gasteiger partial charge in [-0.2, -0.15) is 0 Å². The van der Waals surface area contributed by atoms with Gasteiger partial charge in [-0.3, -0.25) is 4.90 Å². The smallest absolute Gasteiger partial charge is 0.106 e. The van der Waals surface area contributed by atoms with Crippen LogP contribution in [0.3, 0.4) is 0 Å². The zero-order valence-corrected chi connectivity index (χ0v) is 18.4. The van der Waals surface area contributed by atoms with E-state index in [9.17, 15) is 5.11 Å². The molecule has 31 heavy (non-hydrogen) atoms. The number of aliphatic hydroxyl groups is 1. The van der Waals surface area contributed by atoms with E-state index in [1.807, 2.05) is 42.1 Å². The van der Waals surface area contributed by atoms with E-state index in [0.29, 0.717) is 5.92 Å². The summed E-state index contributed by atoms with van der Waals surface area (Å²) in [6.07, 6.45) is 3.71. The Hall–Kier alpha value is -2.53. The van der Waals surface area contributed by atoms with Gasteiger partial charge >= 0.3 is 0 Å². The highest BCUT2D eigenvalue weighted by atomic mass is 32.2. The molecular formula is C27H28N2OS. The number of nitrogens with zero attached hydrogens (tertiary/aromatic N) is 2. The Labute approximate surface area is 189 Å². The van der Waals surface area contributed by atoms with Crippen molar-refractivity contribution in [2.45, 2.75) is 34.9 Å². The van der Waals surface area contributed by atoms with E-state index >= 15 is 0 Å². The average molecular weight is 429 g/mol. The van der Waals surface area contributed by atoms with Gasteiger partial charge in [0.15, 0.2) is 0 Å². The van der Waals surface area contributed by atoms with Crippen molar-refractivity contribution in [2.24, 2.45) is 5.92 Å². The van der Waals surface area contributed by atoms with Crippen molar-refractivity contribution in [3.63, 3.8) is 0 Å². The summed E-state index contributed by atoms with van der Waals surface area (Å²) in [7, 11) is 0. The van der Waals surface area contributed by atoms with Crippen LogP contribution in [0.5, 0.6) is 0 Å². The van der Waals surface area contributed by atoms with Crippen LogP contribution in [0.25, 0.3) is 0 Å². The number of hydrogen-bond acceptors (Lipinski definition) is 4. The number of aliphatic hydroxyl groups excluding tert-OH is 1. The van der Waals surface area contributed by atoms with E-state index in [0.717, 1.165) is 31.5 Å². The molecule has 4 heteroatoms. The Morgan fingerprint density at radius 1 is 0.839 bits per heavy atom. The minimum Gasteiger partial charge on any atom is -0.388 e. The maximum Gasteiger partial charge on any atom is 0.106 e. The summed E-state index contributed by atoms with van der Waals surface area (Å²) in [5.41, 5.74) is 3.50. The number of likely N-dealkylation sites (tertiary alicyclic amines) is 1. The molecule has 0 aromatic heterocycles. The van der Waals surface area contributed by atoms with Crippen LogP contribution in [-0.2, 0) is 0 Å². The molecule has 1 saturated heterocycles. The molecule has 0 saturated carbocycles. The zero-order valence-electron chi connectivity index (χ0n) is 17.6. The standard InChI is InChI=1S/C27H28N2OS/c1-2-26(28-18-16-21(17-19-28)27(30)20-10-4-3-5-11-20)29-22-12-6-8-14-24(22)31-25-15-9-7-13-23(25)29/h2-15,21,26-27,30H,1,16-19H2. The minimum absolute atomic E-state index is 0.0815. The van der Waals surface area contributed by atoms with Gasteiger partial charge < -0.3 is 10.0 Å². The van der Waals surface area contributed by atoms with Crippen LogP contribution < -0.4 is 4.90 Å². The summed E-state index contributed by atoms with van der Waals surface area (Å²) in [6.45, 7) is 6.11. The molecule has 3 aromatic carbocycles. The lowest BCUT2D eigenvalue weighted by molar-refractivity contribution is 0.0519. The molecule has 0 aliphatic carbocycles. The average Bonchev–Trinajstić information content (AvgIpc) is 2.84. The summed E-state index contributed by atoms with van der Waals surface area (Å²) >= 11 is 1.84. The summed E-state index contributed by atoms with van der Waals surface area (Å²) in [6, 6.07) is 27.3. The highest BCUT2D eigenvalue weighted by molar-refractivity contribution is 7.99. The largest absolute Gasteiger partial charge is 0.388 e. The number of fused-ring (bicyclic) bond motifs is 2. The lowest BCUT2D eigenvalue weighted by atomic mass is 9.87. The third-order valence-corrected chi connectivity index (χ3v) is 7.61. The van der Waals surface area contributed by atoms with Gasteiger partial charge in [0.25, 0.3) is 0 Å². The number of para-hydroxylation sites is 2. The fourth-order valence-electron chi connectivity index (χ4n) is 4.86. The van der Waals surface area contributed by atoms with Crippen LogP contribution in [0.2, 0.25) is 0 Å². The van der Waals surface area contributed by atoms with E-state index in [-0.39, 0.29) is 6.17 Å². The normalized spacial score (nSPS) is 18.7. The summed E-state index contributed by atoms with van der Waals surface area (Å²) in [4.78, 5) is 7.50. The van der Waals surface area contributed by atoms with Crippen LogP contribution in [-0.4, -0.2) is 29.3 Å². The molecule has 1 fully saturated rings. The quantitative estimate of drug-likeness (QED) is 0.486. The van der Waals surface area contributed by atoms with Crippen LogP contribution in [0.15, 0.2) is 101 Å². The van der Waals surface area contributed by atoms with Gasteiger partial charge in [0.2, 0.25) is 0 Å². The van der Waals surface area contributed by atoms with Crippen molar-refractivity contribution >= 4 is 23.1 Å².